The van der Waals surface area contributed by atoms with Crippen molar-refractivity contribution in [2.24, 2.45) is 0 Å². The fraction of sp³-hybridized carbons (Fsp3) is 0.333. The fourth-order valence-corrected chi connectivity index (χ4v) is 4.15. The first-order chi connectivity index (χ1) is 11.0. The molecule has 0 unspecified atom stereocenters. The smallest absolute Gasteiger partial charge is 0.348 e. The molecule has 0 aromatic carbocycles. The first-order valence-corrected chi connectivity index (χ1v) is 8.67. The van der Waals surface area contributed by atoms with E-state index in [0.717, 1.165) is 32.3 Å². The molecule has 3 aromatic rings. The average molecular weight is 349 g/mol. The third kappa shape index (κ3) is 2.96. The van der Waals surface area contributed by atoms with Crippen molar-refractivity contribution in [3.63, 3.8) is 0 Å². The molecule has 8 heteroatoms. The summed E-state index contributed by atoms with van der Waals surface area (Å²) in [4.78, 5) is 26.3. The minimum atomic E-state index is -0.327. The number of ether oxygens (including phenoxy) is 1. The monoisotopic (exact) mass is 349 g/mol. The van der Waals surface area contributed by atoms with Crippen molar-refractivity contribution in [2.45, 2.75) is 37.9 Å². The van der Waals surface area contributed by atoms with E-state index in [1.807, 2.05) is 20.8 Å². The van der Waals surface area contributed by atoms with Gasteiger partial charge in [0.15, 0.2) is 0 Å². The van der Waals surface area contributed by atoms with Crippen molar-refractivity contribution in [1.29, 1.82) is 0 Å². The van der Waals surface area contributed by atoms with Crippen LogP contribution in [0, 0.1) is 20.8 Å². The molecule has 0 spiro atoms. The third-order valence-electron chi connectivity index (χ3n) is 3.35. The summed E-state index contributed by atoms with van der Waals surface area (Å²) in [5.74, 6) is 0.457. The highest BCUT2D eigenvalue weighted by molar-refractivity contribution is 7.99. The van der Waals surface area contributed by atoms with E-state index >= 15 is 0 Å². The highest BCUT2D eigenvalue weighted by Crippen LogP contribution is 2.38. The van der Waals surface area contributed by atoms with Crippen LogP contribution in [0.3, 0.4) is 0 Å². The van der Waals surface area contributed by atoms with E-state index in [1.165, 1.54) is 29.4 Å². The van der Waals surface area contributed by atoms with Gasteiger partial charge in [-0.2, -0.15) is 0 Å². The Morgan fingerprint density at radius 3 is 2.78 bits per heavy atom. The van der Waals surface area contributed by atoms with Crippen molar-refractivity contribution >= 4 is 39.3 Å². The van der Waals surface area contributed by atoms with Gasteiger partial charge in [0.05, 0.1) is 12.3 Å². The van der Waals surface area contributed by atoms with Gasteiger partial charge < -0.3 is 9.15 Å². The zero-order valence-electron chi connectivity index (χ0n) is 13.2. The normalized spacial score (nSPS) is 11.1. The summed E-state index contributed by atoms with van der Waals surface area (Å²) in [5.41, 5.74) is 1.68. The van der Waals surface area contributed by atoms with Gasteiger partial charge in [-0.3, -0.25) is 0 Å². The van der Waals surface area contributed by atoms with E-state index in [2.05, 4.69) is 15.0 Å². The molecule has 3 rings (SSSR count). The van der Waals surface area contributed by atoms with Gasteiger partial charge in [0.1, 0.15) is 26.8 Å². The van der Waals surface area contributed by atoms with Gasteiger partial charge >= 0.3 is 5.97 Å². The Morgan fingerprint density at radius 2 is 2.13 bits per heavy atom. The molecular formula is C15H15N3O3S2. The van der Waals surface area contributed by atoms with Crippen LogP contribution < -0.4 is 0 Å². The second kappa shape index (κ2) is 6.29. The molecule has 0 radical (unpaired) electrons. The SMILES string of the molecule is CCOC(=O)c1sc2ncnc(Sc3nc(C)c(C)o3)c2c1C. The Morgan fingerprint density at radius 1 is 1.35 bits per heavy atom. The Labute approximate surface area is 141 Å². The minimum absolute atomic E-state index is 0.327. The molecule has 0 saturated carbocycles. The zero-order valence-corrected chi connectivity index (χ0v) is 14.8. The van der Waals surface area contributed by atoms with Crippen LogP contribution in [-0.4, -0.2) is 27.5 Å². The summed E-state index contributed by atoms with van der Waals surface area (Å²) in [6, 6.07) is 0. The number of hydrogen-bond donors (Lipinski definition) is 0. The van der Waals surface area contributed by atoms with Crippen LogP contribution >= 0.6 is 23.1 Å². The molecule has 0 aliphatic carbocycles. The first kappa shape index (κ1) is 15.9. The molecule has 3 aromatic heterocycles. The number of thiophene rings is 1. The summed E-state index contributed by atoms with van der Waals surface area (Å²) in [7, 11) is 0. The molecule has 6 nitrogen and oxygen atoms in total. The van der Waals surface area contributed by atoms with Gasteiger partial charge in [-0.05, 0) is 45.0 Å². The summed E-state index contributed by atoms with van der Waals surface area (Å²) in [5, 5.41) is 2.10. The Bertz CT molecular complexity index is 866. The van der Waals surface area contributed by atoms with Crippen LogP contribution in [0.5, 0.6) is 0 Å². The lowest BCUT2D eigenvalue weighted by atomic mass is 10.2. The number of fused-ring (bicyclic) bond motifs is 1. The molecule has 0 fully saturated rings. The van der Waals surface area contributed by atoms with Gasteiger partial charge in [-0.1, -0.05) is 0 Å². The number of carbonyl (C=O) groups excluding carboxylic acids is 1. The summed E-state index contributed by atoms with van der Waals surface area (Å²) in [6.07, 6.45) is 1.48. The van der Waals surface area contributed by atoms with Crippen LogP contribution in [0.25, 0.3) is 10.2 Å². The van der Waals surface area contributed by atoms with Crippen LogP contribution in [0.2, 0.25) is 0 Å². The van der Waals surface area contributed by atoms with Crippen molar-refractivity contribution in [1.82, 2.24) is 15.0 Å². The number of aromatic nitrogens is 3. The number of oxazole rings is 1. The summed E-state index contributed by atoms with van der Waals surface area (Å²) < 4.78 is 10.7. The van der Waals surface area contributed by atoms with Crippen molar-refractivity contribution in [3.8, 4) is 0 Å². The van der Waals surface area contributed by atoms with E-state index in [4.69, 9.17) is 9.15 Å². The quantitative estimate of drug-likeness (QED) is 0.521. The fourth-order valence-electron chi connectivity index (χ4n) is 2.08. The number of carbonyl (C=O) groups is 1. The third-order valence-corrected chi connectivity index (χ3v) is 5.38. The number of aryl methyl sites for hydroxylation is 3. The molecule has 0 bridgehead atoms. The lowest BCUT2D eigenvalue weighted by molar-refractivity contribution is 0.0531. The molecular weight excluding hydrogens is 334 g/mol. The Kier molecular flexibility index (Phi) is 4.36. The van der Waals surface area contributed by atoms with E-state index in [0.29, 0.717) is 16.7 Å². The van der Waals surface area contributed by atoms with Crippen molar-refractivity contribution < 1.29 is 13.9 Å². The topological polar surface area (TPSA) is 78.1 Å². The molecule has 0 atom stereocenters. The highest BCUT2D eigenvalue weighted by atomic mass is 32.2. The molecule has 0 saturated heterocycles. The lowest BCUT2D eigenvalue weighted by Crippen LogP contribution is -2.03. The molecule has 0 amide bonds. The molecule has 3 heterocycles. The number of nitrogens with zero attached hydrogens (tertiary/aromatic N) is 3. The second-order valence-corrected chi connectivity index (χ2v) is 6.80. The second-order valence-electron chi connectivity index (χ2n) is 4.86. The van der Waals surface area contributed by atoms with Gasteiger partial charge in [0, 0.05) is 5.39 Å². The average Bonchev–Trinajstić information content (AvgIpc) is 3.00. The molecule has 0 aliphatic heterocycles. The van der Waals surface area contributed by atoms with E-state index in [9.17, 15) is 4.79 Å². The van der Waals surface area contributed by atoms with Crippen molar-refractivity contribution in [3.05, 3.63) is 28.2 Å². The number of esters is 1. The molecule has 0 aliphatic rings. The predicted molar refractivity (Wildman–Crippen MR) is 88.2 cm³/mol. The summed E-state index contributed by atoms with van der Waals surface area (Å²) in [6.45, 7) is 7.78. The maximum atomic E-state index is 12.1. The maximum Gasteiger partial charge on any atom is 0.348 e. The highest BCUT2D eigenvalue weighted by Gasteiger charge is 2.21. The zero-order chi connectivity index (χ0) is 16.6. The van der Waals surface area contributed by atoms with E-state index < -0.39 is 0 Å². The minimum Gasteiger partial charge on any atom is -0.462 e. The lowest BCUT2D eigenvalue weighted by Gasteiger charge is -2.01. The first-order valence-electron chi connectivity index (χ1n) is 7.04. The van der Waals surface area contributed by atoms with Crippen LogP contribution in [0.1, 0.15) is 33.6 Å². The number of hydrogen-bond acceptors (Lipinski definition) is 8. The predicted octanol–water partition coefficient (Wildman–Crippen LogP) is 3.93. The molecule has 0 N–H and O–H groups in total. The van der Waals surface area contributed by atoms with Gasteiger partial charge in [0.2, 0.25) is 0 Å². The van der Waals surface area contributed by atoms with Gasteiger partial charge in [-0.25, -0.2) is 19.7 Å². The van der Waals surface area contributed by atoms with Gasteiger partial charge in [0.25, 0.3) is 5.22 Å². The standard InChI is InChI=1S/C15H15N3O3S2/c1-5-20-14(19)11-7(2)10-12(22-11)16-6-17-13(10)23-15-18-8(3)9(4)21-15/h6H,5H2,1-4H3. The maximum absolute atomic E-state index is 12.1. The molecule has 120 valence electrons. The van der Waals surface area contributed by atoms with E-state index in [1.54, 1.807) is 6.92 Å². The number of rotatable bonds is 4. The largest absolute Gasteiger partial charge is 0.462 e. The van der Waals surface area contributed by atoms with Crippen LogP contribution in [-0.2, 0) is 4.74 Å². The van der Waals surface area contributed by atoms with Gasteiger partial charge in [-0.15, -0.1) is 11.3 Å². The van der Waals surface area contributed by atoms with Crippen LogP contribution in [0.4, 0.5) is 0 Å². The van der Waals surface area contributed by atoms with Crippen molar-refractivity contribution in [2.75, 3.05) is 6.61 Å². The Balaban J connectivity index is 2.05. The van der Waals surface area contributed by atoms with E-state index in [-0.39, 0.29) is 5.97 Å². The Hall–Kier alpha value is -1.93. The molecule has 23 heavy (non-hydrogen) atoms. The van der Waals surface area contributed by atoms with Crippen LogP contribution in [0.15, 0.2) is 21.0 Å². The summed E-state index contributed by atoms with van der Waals surface area (Å²) >= 11 is 2.65.